The second-order valence-electron chi connectivity index (χ2n) is 3.89. The molecule has 0 radical (unpaired) electrons. The molecule has 0 aliphatic heterocycles. The van der Waals surface area contributed by atoms with Crippen molar-refractivity contribution in [2.75, 3.05) is 14.1 Å². The van der Waals surface area contributed by atoms with E-state index >= 15 is 0 Å². The molecule has 26 heavy (non-hydrogen) atoms. The standard InChI is InChI=1S/C14H14N4.2C2H6.3HI.V/c1-15-17-13-7-3-11(4-8-13)12-5-9-14(10-6-12)18-16-2;2*1-2;;;;/h3-10H,1-2H3;2*1-2H3;3*1H;/q;;;;;;+3/p-3. The first-order valence-corrected chi connectivity index (χ1v) is 21.7. The maximum atomic E-state index is 3.98. The Hall–Kier alpha value is 0.414. The quantitative estimate of drug-likeness (QED) is 0.223. The first-order valence-electron chi connectivity index (χ1n) is 8.14. The first kappa shape index (κ1) is 28.6. The molecule has 144 valence electrons. The Balaban J connectivity index is 0. The van der Waals surface area contributed by atoms with Gasteiger partial charge in [-0.1, -0.05) is 52.0 Å². The van der Waals surface area contributed by atoms with Crippen molar-refractivity contribution in [1.82, 2.24) is 0 Å². The van der Waals surface area contributed by atoms with E-state index in [1.54, 1.807) is 14.1 Å². The number of rotatable bonds is 3. The molecule has 0 unspecified atom stereocenters. The summed E-state index contributed by atoms with van der Waals surface area (Å²) in [5.41, 5.74) is 4.00. The van der Waals surface area contributed by atoms with Gasteiger partial charge in [-0.2, -0.15) is 20.5 Å². The molecule has 0 bridgehead atoms. The van der Waals surface area contributed by atoms with Gasteiger partial charge in [0.05, 0.1) is 11.4 Å². The van der Waals surface area contributed by atoms with Crippen molar-refractivity contribution in [3.8, 4) is 11.1 Å². The zero-order valence-corrected chi connectivity index (χ0v) is 23.9. The molecule has 0 amide bonds. The van der Waals surface area contributed by atoms with E-state index in [0.29, 0.717) is 0 Å². The summed E-state index contributed by atoms with van der Waals surface area (Å²) in [6.45, 7) is 8.00. The van der Waals surface area contributed by atoms with E-state index in [1.807, 2.05) is 76.2 Å². The number of benzene rings is 2. The van der Waals surface area contributed by atoms with Crippen LogP contribution >= 0.6 is 59.9 Å². The Labute approximate surface area is 195 Å². The summed E-state index contributed by atoms with van der Waals surface area (Å²) in [5, 5.41) is 15.4. The summed E-state index contributed by atoms with van der Waals surface area (Å²) < 4.78 is 0. The van der Waals surface area contributed by atoms with Crippen molar-refractivity contribution >= 4 is 71.3 Å². The summed E-state index contributed by atoms with van der Waals surface area (Å²) >= 11 is 7.39. The van der Waals surface area contributed by atoms with Crippen molar-refractivity contribution in [1.29, 1.82) is 0 Å². The van der Waals surface area contributed by atoms with E-state index in [4.69, 9.17) is 0 Å². The third-order valence-electron chi connectivity index (χ3n) is 2.50. The van der Waals surface area contributed by atoms with Crippen LogP contribution in [-0.4, -0.2) is 14.1 Å². The second-order valence-corrected chi connectivity index (χ2v) is 39.3. The number of hydrogen-bond acceptors (Lipinski definition) is 4. The molecule has 0 saturated heterocycles. The van der Waals surface area contributed by atoms with Crippen LogP contribution in [0.25, 0.3) is 11.1 Å². The normalized spacial score (nSPS) is 9.77. The maximum absolute atomic E-state index is 3.98. The van der Waals surface area contributed by atoms with Gasteiger partial charge >= 0.3 is 64.9 Å². The van der Waals surface area contributed by atoms with Crippen LogP contribution in [0, 0.1) is 0 Å². The summed E-state index contributed by atoms with van der Waals surface area (Å²) in [4.78, 5) is -0.278. The molecule has 0 atom stereocenters. The molecule has 0 aliphatic carbocycles. The van der Waals surface area contributed by atoms with Crippen LogP contribution in [0.2, 0.25) is 0 Å². The Morgan fingerprint density at radius 3 is 1.00 bits per heavy atom. The van der Waals surface area contributed by atoms with Crippen molar-refractivity contribution in [2.45, 2.75) is 27.7 Å². The zero-order valence-electron chi connectivity index (χ0n) is 16.0. The van der Waals surface area contributed by atoms with Gasteiger partial charge in [-0.05, 0) is 35.4 Å². The molecular weight excluding hydrogens is 704 g/mol. The van der Waals surface area contributed by atoms with E-state index in [9.17, 15) is 0 Å². The van der Waals surface area contributed by atoms with Crippen LogP contribution in [-0.2, 0) is 4.92 Å². The van der Waals surface area contributed by atoms with Crippen LogP contribution in [0.5, 0.6) is 0 Å². The molecule has 0 fully saturated rings. The summed E-state index contributed by atoms with van der Waals surface area (Å²) in [6.07, 6.45) is 0. The van der Waals surface area contributed by atoms with Crippen LogP contribution in [0.1, 0.15) is 27.7 Å². The van der Waals surface area contributed by atoms with Gasteiger partial charge in [0.1, 0.15) is 0 Å². The number of hydrogen-bond donors (Lipinski definition) is 0. The number of azo groups is 2. The summed E-state index contributed by atoms with van der Waals surface area (Å²) in [5.74, 6) is 0. The molecule has 2 rings (SSSR count). The van der Waals surface area contributed by atoms with Gasteiger partial charge in [-0.25, -0.2) is 0 Å². The molecule has 0 spiro atoms. The third kappa shape index (κ3) is 14.5. The van der Waals surface area contributed by atoms with Crippen LogP contribution < -0.4 is 0 Å². The van der Waals surface area contributed by atoms with Gasteiger partial charge in [0.2, 0.25) is 0 Å². The average Bonchev–Trinajstić information content (AvgIpc) is 2.66. The Morgan fingerprint density at radius 1 is 0.577 bits per heavy atom. The molecular formula is C18H26I3N4V. The Morgan fingerprint density at radius 2 is 0.808 bits per heavy atom. The van der Waals surface area contributed by atoms with Crippen molar-refractivity contribution in [3.63, 3.8) is 0 Å². The fraction of sp³-hybridized carbons (Fsp3) is 0.333. The molecule has 8 heteroatoms. The topological polar surface area (TPSA) is 49.4 Å². The minimum atomic E-state index is -0.278. The first-order chi connectivity index (χ1) is 12.6. The predicted octanol–water partition coefficient (Wildman–Crippen LogP) is 9.49. The molecule has 0 aromatic heterocycles. The fourth-order valence-electron chi connectivity index (χ4n) is 1.67. The van der Waals surface area contributed by atoms with Crippen LogP contribution in [0.3, 0.4) is 0 Å². The molecule has 0 N–H and O–H groups in total. The monoisotopic (exact) mass is 730 g/mol. The van der Waals surface area contributed by atoms with Crippen molar-refractivity contribution < 1.29 is 4.92 Å². The van der Waals surface area contributed by atoms with Crippen molar-refractivity contribution in [3.05, 3.63) is 48.5 Å². The molecule has 0 heterocycles. The number of halogens is 3. The molecule has 0 saturated carbocycles. The van der Waals surface area contributed by atoms with Gasteiger partial charge in [0, 0.05) is 14.1 Å². The molecule has 4 nitrogen and oxygen atoms in total. The van der Waals surface area contributed by atoms with Crippen LogP contribution in [0.15, 0.2) is 69.0 Å². The van der Waals surface area contributed by atoms with Gasteiger partial charge in [-0.15, -0.1) is 0 Å². The van der Waals surface area contributed by atoms with E-state index < -0.39 is 0 Å². The fourth-order valence-corrected chi connectivity index (χ4v) is 1.67. The number of nitrogens with zero attached hydrogens (tertiary/aromatic N) is 4. The third-order valence-corrected chi connectivity index (χ3v) is 2.50. The van der Waals surface area contributed by atoms with Gasteiger partial charge in [0.15, 0.2) is 0 Å². The SMILES string of the molecule is CC.CC.CN=Nc1ccc(-c2ccc(N=NC)cc2)cc1.[I][V]([I])[I]. The van der Waals surface area contributed by atoms with Crippen LogP contribution in [0.4, 0.5) is 11.4 Å². The summed E-state index contributed by atoms with van der Waals surface area (Å²) in [7, 11) is 3.32. The molecule has 2 aromatic rings. The van der Waals surface area contributed by atoms with E-state index in [1.165, 1.54) is 0 Å². The molecule has 0 aliphatic rings. The predicted molar refractivity (Wildman–Crippen MR) is 138 cm³/mol. The van der Waals surface area contributed by atoms with Gasteiger partial charge in [-0.3, -0.25) is 0 Å². The minimum absolute atomic E-state index is 0.278. The van der Waals surface area contributed by atoms with E-state index in [0.717, 1.165) is 22.5 Å². The summed E-state index contributed by atoms with van der Waals surface area (Å²) in [6, 6.07) is 15.9. The average molecular weight is 730 g/mol. The van der Waals surface area contributed by atoms with Gasteiger partial charge < -0.3 is 0 Å². The van der Waals surface area contributed by atoms with E-state index in [2.05, 4.69) is 80.4 Å². The van der Waals surface area contributed by atoms with E-state index in [-0.39, 0.29) is 4.92 Å². The Kier molecular flexibility index (Phi) is 22.2. The molecule has 2 aromatic carbocycles. The second kappa shape index (κ2) is 20.2. The zero-order chi connectivity index (χ0) is 20.4. The van der Waals surface area contributed by atoms with Gasteiger partial charge in [0.25, 0.3) is 0 Å². The Bertz CT molecular complexity index is 559. The van der Waals surface area contributed by atoms with Crippen molar-refractivity contribution in [2.24, 2.45) is 20.5 Å².